The third-order valence-corrected chi connectivity index (χ3v) is 1.32. The lowest BCUT2D eigenvalue weighted by atomic mass is 10.5. The molecule has 1 aromatic rings. The van der Waals surface area contributed by atoms with E-state index in [0.29, 0.717) is 6.41 Å². The molecule has 0 fully saturated rings. The van der Waals surface area contributed by atoms with Gasteiger partial charge in [-0.05, 0) is 0 Å². The highest BCUT2D eigenvalue weighted by Crippen LogP contribution is 1.92. The Morgan fingerprint density at radius 1 is 1.73 bits per heavy atom. The van der Waals surface area contributed by atoms with E-state index in [-0.39, 0.29) is 5.69 Å². The Labute approximate surface area is 65.9 Å². The highest BCUT2D eigenvalue weighted by Gasteiger charge is 2.05. The first-order valence-electron chi connectivity index (χ1n) is 2.61. The number of rotatable bonds is 3. The van der Waals surface area contributed by atoms with Crippen molar-refractivity contribution in [1.82, 2.24) is 19.6 Å². The van der Waals surface area contributed by atoms with Gasteiger partial charge in [-0.1, -0.05) is 0 Å². The number of nitrogens with one attached hydrogen (secondary N) is 2. The van der Waals surface area contributed by atoms with Crippen LogP contribution in [0, 0.1) is 0 Å². The molecule has 1 rings (SSSR count). The molecule has 0 spiro atoms. The van der Waals surface area contributed by atoms with Crippen LogP contribution in [0.4, 0.5) is 0 Å². The van der Waals surface area contributed by atoms with Crippen molar-refractivity contribution in [3.63, 3.8) is 0 Å². The Bertz CT molecular complexity index is 247. The predicted molar refractivity (Wildman–Crippen MR) is 36.6 cm³/mol. The fraction of sp³-hybridized carbons (Fsp3) is 0. The van der Waals surface area contributed by atoms with Crippen molar-refractivity contribution in [1.29, 1.82) is 0 Å². The number of amides is 2. The number of aromatic nitrogens is 2. The Kier molecular flexibility index (Phi) is 2.50. The molecule has 7 heteroatoms. The molecule has 11 heavy (non-hydrogen) atoms. The average molecular weight is 172 g/mol. The van der Waals surface area contributed by atoms with Crippen molar-refractivity contribution >= 4 is 24.0 Å². The second-order valence-corrected chi connectivity index (χ2v) is 2.07. The molecule has 2 N–H and O–H groups in total. The molecule has 0 aliphatic carbocycles. The second kappa shape index (κ2) is 3.62. The maximum atomic E-state index is 10.8. The molecule has 0 saturated heterocycles. The summed E-state index contributed by atoms with van der Waals surface area (Å²) in [5, 5.41) is 0. The van der Waals surface area contributed by atoms with Crippen LogP contribution in [0.3, 0.4) is 0 Å². The monoisotopic (exact) mass is 172 g/mol. The van der Waals surface area contributed by atoms with Crippen LogP contribution in [-0.4, -0.2) is 21.1 Å². The Balaban J connectivity index is 2.49. The lowest BCUT2D eigenvalue weighted by molar-refractivity contribution is -0.110. The standard InChI is InChI=1S/C4H4N4O2S/c9-2-5-7-4(10)3-1-6-11-8-3/h1-2H,(H,5,9)(H,7,10). The largest absolute Gasteiger partial charge is 0.291 e. The molecular weight excluding hydrogens is 168 g/mol. The van der Waals surface area contributed by atoms with Gasteiger partial charge in [0, 0.05) is 0 Å². The van der Waals surface area contributed by atoms with Gasteiger partial charge in [-0.25, -0.2) is 0 Å². The summed E-state index contributed by atoms with van der Waals surface area (Å²) in [5.74, 6) is -0.481. The van der Waals surface area contributed by atoms with Crippen LogP contribution in [0.25, 0.3) is 0 Å². The summed E-state index contributed by atoms with van der Waals surface area (Å²) in [4.78, 5) is 20.6. The highest BCUT2D eigenvalue weighted by molar-refractivity contribution is 6.99. The number of carbonyl (C=O) groups excluding carboxylic acids is 2. The fourth-order valence-corrected chi connectivity index (χ4v) is 0.836. The van der Waals surface area contributed by atoms with Gasteiger partial charge in [0.05, 0.1) is 17.9 Å². The van der Waals surface area contributed by atoms with Crippen LogP contribution in [0.15, 0.2) is 6.20 Å². The van der Waals surface area contributed by atoms with E-state index in [1.54, 1.807) is 0 Å². The Morgan fingerprint density at radius 2 is 2.55 bits per heavy atom. The predicted octanol–water partition coefficient (Wildman–Crippen LogP) is -1.07. The van der Waals surface area contributed by atoms with Crippen molar-refractivity contribution in [3.8, 4) is 0 Å². The minimum absolute atomic E-state index is 0.185. The van der Waals surface area contributed by atoms with Crippen LogP contribution in [0.2, 0.25) is 0 Å². The molecule has 0 bridgehead atoms. The van der Waals surface area contributed by atoms with Gasteiger partial charge < -0.3 is 0 Å². The van der Waals surface area contributed by atoms with E-state index in [0.717, 1.165) is 11.7 Å². The molecule has 1 aromatic heterocycles. The van der Waals surface area contributed by atoms with Gasteiger partial charge in [-0.2, -0.15) is 8.75 Å². The lowest BCUT2D eigenvalue weighted by Gasteiger charge is -1.96. The molecule has 2 amide bonds. The van der Waals surface area contributed by atoms with Gasteiger partial charge in [0.25, 0.3) is 5.91 Å². The Hall–Kier alpha value is -1.50. The van der Waals surface area contributed by atoms with Gasteiger partial charge in [0.1, 0.15) is 0 Å². The molecule has 0 saturated carbocycles. The smallest absolute Gasteiger partial charge is 0.277 e. The topological polar surface area (TPSA) is 84.0 Å². The molecule has 0 aromatic carbocycles. The zero-order valence-corrected chi connectivity index (χ0v) is 6.09. The van der Waals surface area contributed by atoms with E-state index < -0.39 is 5.91 Å². The van der Waals surface area contributed by atoms with Crippen molar-refractivity contribution in [3.05, 3.63) is 11.9 Å². The molecule has 0 unspecified atom stereocenters. The first-order chi connectivity index (χ1) is 5.34. The lowest BCUT2D eigenvalue weighted by Crippen LogP contribution is -2.36. The van der Waals surface area contributed by atoms with Gasteiger partial charge in [-0.3, -0.25) is 20.4 Å². The summed E-state index contributed by atoms with van der Waals surface area (Å²) in [6.07, 6.45) is 1.67. The average Bonchev–Trinajstić information content (AvgIpc) is 2.52. The van der Waals surface area contributed by atoms with Crippen LogP contribution in [-0.2, 0) is 4.79 Å². The third kappa shape index (κ3) is 1.97. The summed E-state index contributed by atoms with van der Waals surface area (Å²) < 4.78 is 7.24. The zero-order valence-electron chi connectivity index (χ0n) is 5.27. The first kappa shape index (κ1) is 7.61. The van der Waals surface area contributed by atoms with Crippen LogP contribution in [0.5, 0.6) is 0 Å². The van der Waals surface area contributed by atoms with Gasteiger partial charge in [0.2, 0.25) is 6.41 Å². The Morgan fingerprint density at radius 3 is 3.09 bits per heavy atom. The number of nitrogens with zero attached hydrogens (tertiary/aromatic N) is 2. The number of hydrogen-bond acceptors (Lipinski definition) is 5. The van der Waals surface area contributed by atoms with Crippen molar-refractivity contribution in [2.45, 2.75) is 0 Å². The van der Waals surface area contributed by atoms with Gasteiger partial charge in [-0.15, -0.1) is 0 Å². The normalized spacial score (nSPS) is 8.73. The third-order valence-electron chi connectivity index (χ3n) is 0.839. The number of hydrogen-bond donors (Lipinski definition) is 2. The summed E-state index contributed by atoms with van der Waals surface area (Å²) in [7, 11) is 0. The molecule has 1 heterocycles. The molecular formula is C4H4N4O2S. The van der Waals surface area contributed by atoms with E-state index >= 15 is 0 Å². The maximum Gasteiger partial charge on any atom is 0.291 e. The quantitative estimate of drug-likeness (QED) is 0.449. The van der Waals surface area contributed by atoms with Crippen LogP contribution >= 0.6 is 11.7 Å². The molecule has 0 aliphatic heterocycles. The minimum Gasteiger partial charge on any atom is -0.277 e. The van der Waals surface area contributed by atoms with Crippen molar-refractivity contribution < 1.29 is 9.59 Å². The molecule has 6 nitrogen and oxygen atoms in total. The van der Waals surface area contributed by atoms with Gasteiger partial charge >= 0.3 is 0 Å². The summed E-state index contributed by atoms with van der Waals surface area (Å²) in [5.41, 5.74) is 4.26. The molecule has 58 valence electrons. The van der Waals surface area contributed by atoms with Crippen LogP contribution in [0.1, 0.15) is 10.5 Å². The van der Waals surface area contributed by atoms with Crippen LogP contribution < -0.4 is 10.9 Å². The van der Waals surface area contributed by atoms with Crippen molar-refractivity contribution in [2.75, 3.05) is 0 Å². The fourth-order valence-electron chi connectivity index (χ4n) is 0.424. The van der Waals surface area contributed by atoms with E-state index in [9.17, 15) is 9.59 Å². The summed E-state index contributed by atoms with van der Waals surface area (Å²) >= 11 is 0.924. The van der Waals surface area contributed by atoms with E-state index in [4.69, 9.17) is 0 Å². The summed E-state index contributed by atoms with van der Waals surface area (Å²) in [6, 6.07) is 0. The second-order valence-electron chi connectivity index (χ2n) is 1.51. The van der Waals surface area contributed by atoms with E-state index in [2.05, 4.69) is 14.2 Å². The van der Waals surface area contributed by atoms with E-state index in [1.165, 1.54) is 6.20 Å². The molecule has 0 aliphatic rings. The van der Waals surface area contributed by atoms with Gasteiger partial charge in [0.15, 0.2) is 5.69 Å². The number of hydrazine groups is 1. The number of carbonyl (C=O) groups is 2. The maximum absolute atomic E-state index is 10.8. The minimum atomic E-state index is -0.481. The first-order valence-corrected chi connectivity index (χ1v) is 3.34. The SMILES string of the molecule is O=CNNC(=O)c1cnsn1. The van der Waals surface area contributed by atoms with Crippen molar-refractivity contribution in [2.24, 2.45) is 0 Å². The summed E-state index contributed by atoms with van der Waals surface area (Å²) in [6.45, 7) is 0. The molecule has 0 atom stereocenters. The highest BCUT2D eigenvalue weighted by atomic mass is 32.1. The molecule has 0 radical (unpaired) electrons. The zero-order chi connectivity index (χ0) is 8.10. The van der Waals surface area contributed by atoms with E-state index in [1.807, 2.05) is 5.43 Å².